The predicted octanol–water partition coefficient (Wildman–Crippen LogP) is 3.44. The Bertz CT molecular complexity index is 400. The van der Waals surface area contributed by atoms with Crippen LogP contribution in [0.25, 0.3) is 0 Å². The van der Waals surface area contributed by atoms with Crippen LogP contribution in [0.15, 0.2) is 10.7 Å². The smallest absolute Gasteiger partial charge is 0.0635 e. The van der Waals surface area contributed by atoms with Crippen molar-refractivity contribution in [3.05, 3.63) is 16.4 Å². The third kappa shape index (κ3) is 2.64. The zero-order valence-electron chi connectivity index (χ0n) is 11.8. The standard InChI is InChI=1S/C14H24BrN3/c1-14(2,3)9-5-6-12(16)10(7-9)13-11(15)8-17-18(13)4/h8-10,12H,5-7,16H2,1-4H3. The largest absolute Gasteiger partial charge is 0.327 e. The van der Waals surface area contributed by atoms with Crippen LogP contribution >= 0.6 is 15.9 Å². The Morgan fingerprint density at radius 3 is 2.56 bits per heavy atom. The molecule has 3 nitrogen and oxygen atoms in total. The van der Waals surface area contributed by atoms with E-state index in [-0.39, 0.29) is 6.04 Å². The topological polar surface area (TPSA) is 43.8 Å². The van der Waals surface area contributed by atoms with E-state index in [0.29, 0.717) is 11.3 Å². The van der Waals surface area contributed by atoms with Gasteiger partial charge in [-0.05, 0) is 46.5 Å². The molecule has 18 heavy (non-hydrogen) atoms. The fraction of sp³-hybridized carbons (Fsp3) is 0.786. The summed E-state index contributed by atoms with van der Waals surface area (Å²) in [4.78, 5) is 0. The lowest BCUT2D eigenvalue weighted by molar-refractivity contribution is 0.151. The van der Waals surface area contributed by atoms with Crippen molar-refractivity contribution in [2.45, 2.75) is 52.0 Å². The number of hydrogen-bond acceptors (Lipinski definition) is 2. The number of aromatic nitrogens is 2. The van der Waals surface area contributed by atoms with Gasteiger partial charge < -0.3 is 5.73 Å². The summed E-state index contributed by atoms with van der Waals surface area (Å²) in [6, 6.07) is 0.260. The quantitative estimate of drug-likeness (QED) is 0.863. The highest BCUT2D eigenvalue weighted by atomic mass is 79.9. The fourth-order valence-electron chi connectivity index (χ4n) is 3.13. The van der Waals surface area contributed by atoms with Gasteiger partial charge in [0.25, 0.3) is 0 Å². The minimum absolute atomic E-state index is 0.260. The van der Waals surface area contributed by atoms with Gasteiger partial charge in [-0.2, -0.15) is 5.10 Å². The van der Waals surface area contributed by atoms with E-state index in [1.165, 1.54) is 18.5 Å². The summed E-state index contributed by atoms with van der Waals surface area (Å²) in [5, 5.41) is 4.33. The van der Waals surface area contributed by atoms with Gasteiger partial charge in [-0.3, -0.25) is 4.68 Å². The van der Waals surface area contributed by atoms with E-state index in [4.69, 9.17) is 5.73 Å². The summed E-state index contributed by atoms with van der Waals surface area (Å²) in [5.74, 6) is 1.16. The third-order valence-electron chi connectivity index (χ3n) is 4.42. The molecule has 0 spiro atoms. The van der Waals surface area contributed by atoms with Gasteiger partial charge in [0.2, 0.25) is 0 Å². The van der Waals surface area contributed by atoms with Gasteiger partial charge in [0.15, 0.2) is 0 Å². The van der Waals surface area contributed by atoms with Crippen LogP contribution in [0.1, 0.15) is 51.6 Å². The summed E-state index contributed by atoms with van der Waals surface area (Å²) < 4.78 is 3.07. The van der Waals surface area contributed by atoms with E-state index in [9.17, 15) is 0 Å². The van der Waals surface area contributed by atoms with Crippen LogP contribution in [-0.4, -0.2) is 15.8 Å². The molecule has 1 aromatic rings. The van der Waals surface area contributed by atoms with Crippen LogP contribution in [0.4, 0.5) is 0 Å². The molecule has 0 saturated heterocycles. The van der Waals surface area contributed by atoms with E-state index in [1.807, 2.05) is 17.9 Å². The van der Waals surface area contributed by atoms with Crippen molar-refractivity contribution < 1.29 is 0 Å². The zero-order valence-corrected chi connectivity index (χ0v) is 13.4. The molecule has 1 fully saturated rings. The molecule has 2 N–H and O–H groups in total. The van der Waals surface area contributed by atoms with E-state index >= 15 is 0 Å². The van der Waals surface area contributed by atoms with E-state index in [1.54, 1.807) is 0 Å². The van der Waals surface area contributed by atoms with Crippen molar-refractivity contribution in [1.29, 1.82) is 0 Å². The van der Waals surface area contributed by atoms with Crippen LogP contribution in [0.2, 0.25) is 0 Å². The first-order valence-corrected chi connectivity index (χ1v) is 7.53. The Labute approximate surface area is 118 Å². The van der Waals surface area contributed by atoms with E-state index < -0.39 is 0 Å². The van der Waals surface area contributed by atoms with Crippen molar-refractivity contribution >= 4 is 15.9 Å². The van der Waals surface area contributed by atoms with Crippen LogP contribution < -0.4 is 5.73 Å². The van der Waals surface area contributed by atoms with Gasteiger partial charge in [0.05, 0.1) is 16.4 Å². The average molecular weight is 314 g/mol. The molecule has 0 aliphatic heterocycles. The molecule has 102 valence electrons. The highest BCUT2D eigenvalue weighted by Crippen LogP contribution is 2.44. The van der Waals surface area contributed by atoms with Gasteiger partial charge in [-0.15, -0.1) is 0 Å². The minimum Gasteiger partial charge on any atom is -0.327 e. The van der Waals surface area contributed by atoms with Crippen molar-refractivity contribution in [2.24, 2.45) is 24.1 Å². The van der Waals surface area contributed by atoms with Gasteiger partial charge in [-0.1, -0.05) is 20.8 Å². The lowest BCUT2D eigenvalue weighted by Gasteiger charge is -2.40. The summed E-state index contributed by atoms with van der Waals surface area (Å²) in [7, 11) is 2.01. The number of aryl methyl sites for hydroxylation is 1. The van der Waals surface area contributed by atoms with Crippen molar-refractivity contribution in [1.82, 2.24) is 9.78 Å². The fourth-order valence-corrected chi connectivity index (χ4v) is 3.77. The molecule has 1 heterocycles. The number of nitrogens with zero attached hydrogens (tertiary/aromatic N) is 2. The molecule has 3 unspecified atom stereocenters. The SMILES string of the molecule is Cn1ncc(Br)c1C1CC(C(C)(C)C)CCC1N. The first kappa shape index (κ1) is 14.1. The monoisotopic (exact) mass is 313 g/mol. The number of nitrogens with two attached hydrogens (primary N) is 1. The van der Waals surface area contributed by atoms with E-state index in [0.717, 1.165) is 16.8 Å². The van der Waals surface area contributed by atoms with Gasteiger partial charge in [0, 0.05) is 19.0 Å². The number of hydrogen-bond donors (Lipinski definition) is 1. The Hall–Kier alpha value is -0.350. The third-order valence-corrected chi connectivity index (χ3v) is 5.03. The molecule has 1 aliphatic rings. The van der Waals surface area contributed by atoms with Crippen LogP contribution in [0.3, 0.4) is 0 Å². The maximum Gasteiger partial charge on any atom is 0.0635 e. The first-order chi connectivity index (χ1) is 8.30. The molecule has 1 aliphatic carbocycles. The molecule has 0 amide bonds. The molecule has 0 radical (unpaired) electrons. The van der Waals surface area contributed by atoms with Gasteiger partial charge >= 0.3 is 0 Å². The van der Waals surface area contributed by atoms with Crippen molar-refractivity contribution in [3.8, 4) is 0 Å². The maximum atomic E-state index is 6.35. The number of halogens is 1. The maximum absolute atomic E-state index is 6.35. The Morgan fingerprint density at radius 2 is 2.06 bits per heavy atom. The Balaban J connectivity index is 2.26. The molecular weight excluding hydrogens is 290 g/mol. The minimum atomic E-state index is 0.260. The normalized spacial score (nSPS) is 29.6. The molecule has 3 atom stereocenters. The second-order valence-electron chi connectivity index (χ2n) is 6.65. The highest BCUT2D eigenvalue weighted by Gasteiger charge is 2.37. The summed E-state index contributed by atoms with van der Waals surface area (Å²) >= 11 is 3.61. The molecule has 4 heteroatoms. The second kappa shape index (κ2) is 4.97. The Morgan fingerprint density at radius 1 is 1.39 bits per heavy atom. The lowest BCUT2D eigenvalue weighted by Crippen LogP contribution is -2.39. The van der Waals surface area contributed by atoms with Crippen LogP contribution in [0, 0.1) is 11.3 Å². The zero-order chi connectivity index (χ0) is 13.5. The molecule has 1 saturated carbocycles. The Kier molecular flexibility index (Phi) is 3.88. The van der Waals surface area contributed by atoms with Gasteiger partial charge in [-0.25, -0.2) is 0 Å². The first-order valence-electron chi connectivity index (χ1n) is 6.73. The summed E-state index contributed by atoms with van der Waals surface area (Å²) in [6.45, 7) is 7.01. The molecule has 0 aromatic carbocycles. The highest BCUT2D eigenvalue weighted by molar-refractivity contribution is 9.10. The average Bonchev–Trinajstić information content (AvgIpc) is 2.58. The molecule has 1 aromatic heterocycles. The number of rotatable bonds is 1. The van der Waals surface area contributed by atoms with Crippen molar-refractivity contribution in [3.63, 3.8) is 0 Å². The summed E-state index contributed by atoms with van der Waals surface area (Å²) in [6.07, 6.45) is 5.41. The van der Waals surface area contributed by atoms with Crippen LogP contribution in [0.5, 0.6) is 0 Å². The van der Waals surface area contributed by atoms with Crippen LogP contribution in [-0.2, 0) is 7.05 Å². The molecule has 2 rings (SSSR count). The van der Waals surface area contributed by atoms with E-state index in [2.05, 4.69) is 41.8 Å². The van der Waals surface area contributed by atoms with Gasteiger partial charge in [0.1, 0.15) is 0 Å². The van der Waals surface area contributed by atoms with Crippen molar-refractivity contribution in [2.75, 3.05) is 0 Å². The molecule has 0 bridgehead atoms. The second-order valence-corrected chi connectivity index (χ2v) is 7.50. The summed E-state index contributed by atoms with van der Waals surface area (Å²) in [5.41, 5.74) is 7.98. The lowest BCUT2D eigenvalue weighted by atomic mass is 9.67. The predicted molar refractivity (Wildman–Crippen MR) is 78.4 cm³/mol. The molecular formula is C14H24BrN3.